The Morgan fingerprint density at radius 3 is 2.50 bits per heavy atom. The second-order valence-electron chi connectivity index (χ2n) is 9.72. The van der Waals surface area contributed by atoms with E-state index < -0.39 is 0 Å². The van der Waals surface area contributed by atoms with E-state index in [9.17, 15) is 9.59 Å². The van der Waals surface area contributed by atoms with E-state index in [1.165, 1.54) is 11.3 Å². The fraction of sp³-hybridized carbons (Fsp3) is 0.444. The number of piperidine rings is 1. The van der Waals surface area contributed by atoms with Crippen LogP contribution in [-0.4, -0.2) is 59.1 Å². The van der Waals surface area contributed by atoms with Crippen LogP contribution >= 0.6 is 0 Å². The third-order valence-electron chi connectivity index (χ3n) is 7.38. The molecule has 0 bridgehead atoms. The Bertz CT molecular complexity index is 1260. The van der Waals surface area contributed by atoms with Crippen LogP contribution in [0.1, 0.15) is 25.3 Å². The molecule has 2 saturated heterocycles. The summed E-state index contributed by atoms with van der Waals surface area (Å²) in [4.78, 5) is 37.4. The molecule has 2 aliphatic rings. The molecule has 7 heteroatoms. The summed E-state index contributed by atoms with van der Waals surface area (Å²) in [6.07, 6.45) is 1.51. The van der Waals surface area contributed by atoms with Crippen LogP contribution in [0.25, 0.3) is 11.0 Å². The first-order valence-electron chi connectivity index (χ1n) is 12.2. The van der Waals surface area contributed by atoms with Gasteiger partial charge in [0.25, 0.3) is 5.56 Å². The van der Waals surface area contributed by atoms with Gasteiger partial charge in [0.15, 0.2) is 5.82 Å². The number of fused-ring (bicyclic) bond motifs is 1. The van der Waals surface area contributed by atoms with Crippen molar-refractivity contribution in [3.05, 3.63) is 64.4 Å². The number of carbonyl (C=O) groups excluding carboxylic acids is 1. The molecule has 2 fully saturated rings. The minimum atomic E-state index is -0.0791. The number of anilines is 2. The molecule has 1 amide bonds. The number of carbonyl (C=O) groups is 1. The van der Waals surface area contributed by atoms with E-state index in [0.717, 1.165) is 43.5 Å². The quantitative estimate of drug-likeness (QED) is 0.602. The standard InChI is InChI=1S/C27H33N5O2/c1-19-7-6-8-22(17-19)32-16-15-31(18-20(32)2)26(33)21-11-13-30(14-12-21)25-27(34)29(3)24-10-5-4-9-23(24)28-25/h4-10,17,20-21H,11-16,18H2,1-3H3/t20-/m1/s1. The minimum Gasteiger partial charge on any atom is -0.365 e. The highest BCUT2D eigenvalue weighted by molar-refractivity contribution is 5.80. The maximum atomic E-state index is 13.3. The van der Waals surface area contributed by atoms with Crippen LogP contribution in [0.3, 0.4) is 0 Å². The van der Waals surface area contributed by atoms with Crippen molar-refractivity contribution in [2.45, 2.75) is 32.7 Å². The van der Waals surface area contributed by atoms with Crippen molar-refractivity contribution >= 4 is 28.4 Å². The van der Waals surface area contributed by atoms with Gasteiger partial charge in [-0.3, -0.25) is 9.59 Å². The van der Waals surface area contributed by atoms with E-state index in [-0.39, 0.29) is 23.4 Å². The van der Waals surface area contributed by atoms with E-state index in [0.29, 0.717) is 18.9 Å². The van der Waals surface area contributed by atoms with Gasteiger partial charge in [-0.2, -0.15) is 0 Å². The van der Waals surface area contributed by atoms with E-state index in [4.69, 9.17) is 0 Å². The van der Waals surface area contributed by atoms with E-state index >= 15 is 0 Å². The molecule has 1 aromatic heterocycles. The fourth-order valence-corrected chi connectivity index (χ4v) is 5.41. The first-order valence-corrected chi connectivity index (χ1v) is 12.2. The Labute approximate surface area is 200 Å². The largest absolute Gasteiger partial charge is 0.365 e. The molecule has 0 aliphatic carbocycles. The molecule has 0 saturated carbocycles. The molecule has 3 aromatic rings. The monoisotopic (exact) mass is 459 g/mol. The first-order chi connectivity index (χ1) is 16.4. The summed E-state index contributed by atoms with van der Waals surface area (Å²) in [6, 6.07) is 16.6. The average molecular weight is 460 g/mol. The normalized spacial score (nSPS) is 19.6. The van der Waals surface area contributed by atoms with Gasteiger partial charge in [0.1, 0.15) is 0 Å². The summed E-state index contributed by atoms with van der Waals surface area (Å²) in [6.45, 7) is 8.02. The van der Waals surface area contributed by atoms with Gasteiger partial charge in [0.2, 0.25) is 5.91 Å². The summed E-state index contributed by atoms with van der Waals surface area (Å²) in [7, 11) is 1.80. The summed E-state index contributed by atoms with van der Waals surface area (Å²) >= 11 is 0. The summed E-state index contributed by atoms with van der Waals surface area (Å²) < 4.78 is 1.67. The molecule has 2 aromatic carbocycles. The second kappa shape index (κ2) is 9.12. The smallest absolute Gasteiger partial charge is 0.293 e. The Hall–Kier alpha value is -3.35. The third kappa shape index (κ3) is 4.15. The molecule has 0 N–H and O–H groups in total. The van der Waals surface area contributed by atoms with Gasteiger partial charge in [0, 0.05) is 57.4 Å². The minimum absolute atomic E-state index is 0.0123. The van der Waals surface area contributed by atoms with Crippen LogP contribution in [0.15, 0.2) is 53.3 Å². The Kier molecular flexibility index (Phi) is 6.02. The lowest BCUT2D eigenvalue weighted by molar-refractivity contribution is -0.137. The number of para-hydroxylation sites is 2. The second-order valence-corrected chi connectivity index (χ2v) is 9.72. The van der Waals surface area contributed by atoms with Gasteiger partial charge >= 0.3 is 0 Å². The molecule has 0 spiro atoms. The van der Waals surface area contributed by atoms with E-state index in [1.54, 1.807) is 11.6 Å². The van der Waals surface area contributed by atoms with Gasteiger partial charge in [-0.15, -0.1) is 0 Å². The SMILES string of the molecule is Cc1cccc(N2CCN(C(=O)C3CCN(c4nc5ccccc5n(C)c4=O)CC3)C[C@H]2C)c1. The van der Waals surface area contributed by atoms with Crippen molar-refractivity contribution in [2.24, 2.45) is 13.0 Å². The van der Waals surface area contributed by atoms with Gasteiger partial charge in [-0.05, 0) is 56.5 Å². The lowest BCUT2D eigenvalue weighted by Crippen LogP contribution is -2.55. The third-order valence-corrected chi connectivity index (χ3v) is 7.38. The molecule has 0 radical (unpaired) electrons. The molecule has 7 nitrogen and oxygen atoms in total. The van der Waals surface area contributed by atoms with Crippen molar-refractivity contribution < 1.29 is 4.79 Å². The molecular weight excluding hydrogens is 426 g/mol. The zero-order valence-corrected chi connectivity index (χ0v) is 20.3. The van der Waals surface area contributed by atoms with Gasteiger partial charge in [-0.25, -0.2) is 4.98 Å². The van der Waals surface area contributed by atoms with E-state index in [2.05, 4.69) is 52.9 Å². The lowest BCUT2D eigenvalue weighted by Gasteiger charge is -2.43. The van der Waals surface area contributed by atoms with Gasteiger partial charge in [0.05, 0.1) is 11.0 Å². The van der Waals surface area contributed by atoms with Crippen LogP contribution in [0.2, 0.25) is 0 Å². The van der Waals surface area contributed by atoms with Crippen molar-refractivity contribution in [3.8, 4) is 0 Å². The molecule has 34 heavy (non-hydrogen) atoms. The van der Waals surface area contributed by atoms with Crippen LogP contribution in [0.5, 0.6) is 0 Å². The molecule has 178 valence electrons. The molecule has 2 aliphatic heterocycles. The van der Waals surface area contributed by atoms with Gasteiger partial charge in [-0.1, -0.05) is 24.3 Å². The number of hydrogen-bond donors (Lipinski definition) is 0. The summed E-state index contributed by atoms with van der Waals surface area (Å²) in [5.74, 6) is 0.764. The highest BCUT2D eigenvalue weighted by Gasteiger charge is 2.33. The Balaban J connectivity index is 1.23. The fourth-order valence-electron chi connectivity index (χ4n) is 5.41. The van der Waals surface area contributed by atoms with Crippen molar-refractivity contribution in [2.75, 3.05) is 42.5 Å². The van der Waals surface area contributed by atoms with Crippen LogP contribution in [0, 0.1) is 12.8 Å². The summed E-state index contributed by atoms with van der Waals surface area (Å²) in [5, 5.41) is 0. The predicted octanol–water partition coefficient (Wildman–Crippen LogP) is 3.20. The number of aryl methyl sites for hydroxylation is 2. The number of piperazine rings is 1. The number of aromatic nitrogens is 2. The number of hydrogen-bond acceptors (Lipinski definition) is 5. The molecule has 5 rings (SSSR count). The first kappa shape index (κ1) is 22.4. The molecule has 3 heterocycles. The zero-order valence-electron chi connectivity index (χ0n) is 20.3. The number of nitrogens with zero attached hydrogens (tertiary/aromatic N) is 5. The Morgan fingerprint density at radius 2 is 1.76 bits per heavy atom. The molecule has 1 atom stereocenters. The van der Waals surface area contributed by atoms with Crippen molar-refractivity contribution in [1.82, 2.24) is 14.5 Å². The Morgan fingerprint density at radius 1 is 1.00 bits per heavy atom. The van der Waals surface area contributed by atoms with Crippen LogP contribution < -0.4 is 15.4 Å². The highest BCUT2D eigenvalue weighted by atomic mass is 16.2. The maximum absolute atomic E-state index is 13.3. The number of rotatable bonds is 3. The highest BCUT2D eigenvalue weighted by Crippen LogP contribution is 2.26. The number of amides is 1. The maximum Gasteiger partial charge on any atom is 0.293 e. The predicted molar refractivity (Wildman–Crippen MR) is 136 cm³/mol. The molecule has 0 unspecified atom stereocenters. The molecular formula is C27H33N5O2. The van der Waals surface area contributed by atoms with Crippen molar-refractivity contribution in [3.63, 3.8) is 0 Å². The van der Waals surface area contributed by atoms with Gasteiger partial charge < -0.3 is 19.3 Å². The average Bonchev–Trinajstić information content (AvgIpc) is 2.86. The van der Waals surface area contributed by atoms with Crippen LogP contribution in [0.4, 0.5) is 11.5 Å². The summed E-state index contributed by atoms with van der Waals surface area (Å²) in [5.41, 5.74) is 4.06. The topological polar surface area (TPSA) is 61.7 Å². The number of benzene rings is 2. The zero-order chi connectivity index (χ0) is 23.8. The van der Waals surface area contributed by atoms with Crippen LogP contribution in [-0.2, 0) is 11.8 Å². The lowest BCUT2D eigenvalue weighted by atomic mass is 9.94. The van der Waals surface area contributed by atoms with E-state index in [1.807, 2.05) is 29.2 Å². The van der Waals surface area contributed by atoms with Crippen molar-refractivity contribution in [1.29, 1.82) is 0 Å².